The number of hydrogen-bond donors (Lipinski definition) is 1. The highest BCUT2D eigenvalue weighted by Gasteiger charge is 2.27. The summed E-state index contributed by atoms with van der Waals surface area (Å²) in [7, 11) is -3.64. The lowest BCUT2D eigenvalue weighted by Crippen LogP contribution is -2.35. The molecule has 1 aliphatic rings. The minimum atomic E-state index is -3.64. The average molecular weight is 457 g/mol. The van der Waals surface area contributed by atoms with Gasteiger partial charge in [-0.05, 0) is 56.2 Å². The van der Waals surface area contributed by atoms with Crippen molar-refractivity contribution in [1.29, 1.82) is 0 Å². The quantitative estimate of drug-likeness (QED) is 0.675. The summed E-state index contributed by atoms with van der Waals surface area (Å²) in [6, 6.07) is 9.02. The van der Waals surface area contributed by atoms with Gasteiger partial charge >= 0.3 is 0 Å². The van der Waals surface area contributed by atoms with E-state index in [0.29, 0.717) is 36.0 Å². The second-order valence-electron chi connectivity index (χ2n) is 6.64. The fourth-order valence-corrected chi connectivity index (χ4v) is 4.98. The maximum Gasteiger partial charge on any atom is 0.255 e. The van der Waals surface area contributed by atoms with E-state index >= 15 is 0 Å². The number of carbonyl (C=O) groups is 1. The Labute approximate surface area is 180 Å². The van der Waals surface area contributed by atoms with Crippen molar-refractivity contribution in [3.05, 3.63) is 52.0 Å². The SMILES string of the molecule is CCOc1ccc(S(=O)(=O)N2CCCCC2)cc1NC(=O)c1ccc(Cl)c(Cl)c1. The van der Waals surface area contributed by atoms with Crippen molar-refractivity contribution in [3.8, 4) is 5.75 Å². The lowest BCUT2D eigenvalue weighted by atomic mass is 10.2. The van der Waals surface area contributed by atoms with E-state index in [-0.39, 0.29) is 15.6 Å². The number of anilines is 1. The Kier molecular flexibility index (Phi) is 7.05. The Morgan fingerprint density at radius 3 is 2.45 bits per heavy atom. The zero-order chi connectivity index (χ0) is 21.0. The van der Waals surface area contributed by atoms with E-state index in [9.17, 15) is 13.2 Å². The number of nitrogens with zero attached hydrogens (tertiary/aromatic N) is 1. The summed E-state index contributed by atoms with van der Waals surface area (Å²) in [6.45, 7) is 3.18. The maximum atomic E-state index is 13.0. The van der Waals surface area contributed by atoms with Gasteiger partial charge in [0.1, 0.15) is 5.75 Å². The second-order valence-corrected chi connectivity index (χ2v) is 9.39. The van der Waals surface area contributed by atoms with Gasteiger partial charge in [0.15, 0.2) is 0 Å². The van der Waals surface area contributed by atoms with Crippen LogP contribution < -0.4 is 10.1 Å². The normalized spacial score (nSPS) is 15.1. The van der Waals surface area contributed by atoms with E-state index in [1.54, 1.807) is 6.07 Å². The van der Waals surface area contributed by atoms with E-state index in [4.69, 9.17) is 27.9 Å². The molecule has 1 N–H and O–H groups in total. The van der Waals surface area contributed by atoms with Gasteiger partial charge in [-0.15, -0.1) is 0 Å². The Balaban J connectivity index is 1.92. The van der Waals surface area contributed by atoms with Gasteiger partial charge in [0.2, 0.25) is 10.0 Å². The van der Waals surface area contributed by atoms with Crippen molar-refractivity contribution >= 4 is 44.8 Å². The number of amides is 1. The van der Waals surface area contributed by atoms with Crippen molar-refractivity contribution in [2.75, 3.05) is 25.0 Å². The van der Waals surface area contributed by atoms with Crippen molar-refractivity contribution in [2.24, 2.45) is 0 Å². The number of carbonyl (C=O) groups excluding carboxylic acids is 1. The molecule has 6 nitrogen and oxygen atoms in total. The van der Waals surface area contributed by atoms with Gasteiger partial charge in [-0.25, -0.2) is 8.42 Å². The molecule has 0 unspecified atom stereocenters. The first kappa shape index (κ1) is 21.9. The molecule has 1 fully saturated rings. The largest absolute Gasteiger partial charge is 0.492 e. The number of ether oxygens (including phenoxy) is 1. The molecular weight excluding hydrogens is 435 g/mol. The molecule has 0 aliphatic carbocycles. The average Bonchev–Trinajstić information content (AvgIpc) is 2.72. The lowest BCUT2D eigenvalue weighted by molar-refractivity contribution is 0.102. The molecule has 0 atom stereocenters. The minimum absolute atomic E-state index is 0.118. The van der Waals surface area contributed by atoms with E-state index < -0.39 is 15.9 Å². The van der Waals surface area contributed by atoms with Crippen LogP contribution >= 0.6 is 23.2 Å². The number of halogens is 2. The molecule has 0 spiro atoms. The fourth-order valence-electron chi connectivity index (χ4n) is 3.13. The number of piperidine rings is 1. The van der Waals surface area contributed by atoms with Crippen LogP contribution in [0.2, 0.25) is 10.0 Å². The number of nitrogens with one attached hydrogen (secondary N) is 1. The van der Waals surface area contributed by atoms with Gasteiger partial charge in [0, 0.05) is 18.7 Å². The number of hydrogen-bond acceptors (Lipinski definition) is 4. The van der Waals surface area contributed by atoms with Crippen molar-refractivity contribution in [1.82, 2.24) is 4.31 Å². The van der Waals surface area contributed by atoms with Crippen molar-refractivity contribution < 1.29 is 17.9 Å². The molecule has 1 amide bonds. The standard InChI is InChI=1S/C20H22Cl2N2O4S/c1-2-28-19-9-7-15(29(26,27)24-10-4-3-5-11-24)13-18(19)23-20(25)14-6-8-16(21)17(22)12-14/h6-9,12-13H,2-5,10-11H2,1H3,(H,23,25). The minimum Gasteiger partial charge on any atom is -0.492 e. The van der Waals surface area contributed by atoms with Crippen molar-refractivity contribution in [2.45, 2.75) is 31.1 Å². The van der Waals surface area contributed by atoms with Crippen LogP contribution in [0.1, 0.15) is 36.5 Å². The molecule has 1 heterocycles. The molecule has 0 aromatic heterocycles. The molecule has 156 valence electrons. The van der Waals surface area contributed by atoms with Crippen LogP contribution in [0.15, 0.2) is 41.3 Å². The molecule has 3 rings (SSSR count). The van der Waals surface area contributed by atoms with Crippen LogP contribution in [0.3, 0.4) is 0 Å². The molecule has 1 saturated heterocycles. The van der Waals surface area contributed by atoms with E-state index in [0.717, 1.165) is 19.3 Å². The summed E-state index contributed by atoms with van der Waals surface area (Å²) in [5.74, 6) is -0.0597. The fraction of sp³-hybridized carbons (Fsp3) is 0.350. The molecule has 1 aliphatic heterocycles. The van der Waals surface area contributed by atoms with Gasteiger partial charge in [-0.1, -0.05) is 29.6 Å². The van der Waals surface area contributed by atoms with Crippen LogP contribution in [0.4, 0.5) is 5.69 Å². The molecule has 0 saturated carbocycles. The predicted molar refractivity (Wildman–Crippen MR) is 115 cm³/mol. The van der Waals surface area contributed by atoms with Crippen LogP contribution in [0.5, 0.6) is 5.75 Å². The first-order chi connectivity index (χ1) is 13.8. The predicted octanol–water partition coefficient (Wildman–Crippen LogP) is 4.82. The van der Waals surface area contributed by atoms with Crippen molar-refractivity contribution in [3.63, 3.8) is 0 Å². The van der Waals surface area contributed by atoms with Gasteiger partial charge in [0.25, 0.3) is 5.91 Å². The highest BCUT2D eigenvalue weighted by molar-refractivity contribution is 7.89. The molecule has 0 radical (unpaired) electrons. The Bertz CT molecular complexity index is 1010. The molecule has 0 bridgehead atoms. The number of benzene rings is 2. The highest BCUT2D eigenvalue weighted by atomic mass is 35.5. The monoisotopic (exact) mass is 456 g/mol. The van der Waals surface area contributed by atoms with Gasteiger partial charge in [0.05, 0.1) is 27.2 Å². The summed E-state index contributed by atoms with van der Waals surface area (Å²) in [4.78, 5) is 12.8. The van der Waals surface area contributed by atoms with Crippen LogP contribution in [0.25, 0.3) is 0 Å². The van der Waals surface area contributed by atoms with Crippen LogP contribution in [-0.4, -0.2) is 38.3 Å². The van der Waals surface area contributed by atoms with Crippen LogP contribution in [0, 0.1) is 0 Å². The van der Waals surface area contributed by atoms with Gasteiger partial charge < -0.3 is 10.1 Å². The third kappa shape index (κ3) is 5.04. The lowest BCUT2D eigenvalue weighted by Gasteiger charge is -2.26. The maximum absolute atomic E-state index is 13.0. The molecule has 9 heteroatoms. The van der Waals surface area contributed by atoms with Gasteiger partial charge in [-0.2, -0.15) is 4.31 Å². The molecule has 29 heavy (non-hydrogen) atoms. The number of rotatable bonds is 6. The summed E-state index contributed by atoms with van der Waals surface area (Å²) < 4.78 is 33.0. The number of sulfonamides is 1. The van der Waals surface area contributed by atoms with E-state index in [2.05, 4.69) is 5.32 Å². The third-order valence-corrected chi connectivity index (χ3v) is 7.27. The smallest absolute Gasteiger partial charge is 0.255 e. The molecular formula is C20H22Cl2N2O4S. The molecule has 2 aromatic carbocycles. The van der Waals surface area contributed by atoms with Gasteiger partial charge in [-0.3, -0.25) is 4.79 Å². The van der Waals surface area contributed by atoms with Crippen LogP contribution in [-0.2, 0) is 10.0 Å². The topological polar surface area (TPSA) is 75.7 Å². The first-order valence-electron chi connectivity index (χ1n) is 9.36. The zero-order valence-electron chi connectivity index (χ0n) is 16.0. The highest BCUT2D eigenvalue weighted by Crippen LogP contribution is 2.31. The first-order valence-corrected chi connectivity index (χ1v) is 11.6. The van der Waals surface area contributed by atoms with E-state index in [1.807, 2.05) is 6.92 Å². The summed E-state index contributed by atoms with van der Waals surface area (Å²) in [6.07, 6.45) is 2.72. The third-order valence-electron chi connectivity index (χ3n) is 4.63. The summed E-state index contributed by atoms with van der Waals surface area (Å²) >= 11 is 11.9. The Hall–Kier alpha value is -1.80. The summed E-state index contributed by atoms with van der Waals surface area (Å²) in [5.41, 5.74) is 0.576. The molecule has 2 aromatic rings. The Morgan fingerprint density at radius 1 is 1.07 bits per heavy atom. The zero-order valence-corrected chi connectivity index (χ0v) is 18.3. The second kappa shape index (κ2) is 9.34. The summed E-state index contributed by atoms with van der Waals surface area (Å²) in [5, 5.41) is 3.32. The Morgan fingerprint density at radius 2 is 1.79 bits per heavy atom. The van der Waals surface area contributed by atoms with E-state index in [1.165, 1.54) is 34.6 Å².